The van der Waals surface area contributed by atoms with Gasteiger partial charge < -0.3 is 10.1 Å². The number of piperazine rings is 1. The summed E-state index contributed by atoms with van der Waals surface area (Å²) in [4.78, 5) is 2.52. The van der Waals surface area contributed by atoms with Gasteiger partial charge in [0.15, 0.2) is 0 Å². The number of benzene rings is 1. The molecule has 1 atom stereocenters. The Morgan fingerprint density at radius 3 is 2.58 bits per heavy atom. The van der Waals surface area contributed by atoms with Crippen LogP contribution < -0.4 is 10.1 Å². The largest absolute Gasteiger partial charge is 0.494 e. The average molecular weight is 307 g/mol. The summed E-state index contributed by atoms with van der Waals surface area (Å²) in [7, 11) is 0. The first kappa shape index (κ1) is 18.5. The van der Waals surface area contributed by atoms with Crippen molar-refractivity contribution in [1.29, 1.82) is 0 Å². The van der Waals surface area contributed by atoms with Gasteiger partial charge in [0.2, 0.25) is 0 Å². The molecule has 1 aromatic rings. The molecule has 0 bridgehead atoms. The second-order valence-corrected chi connectivity index (χ2v) is 4.47. The maximum atomic E-state index is 5.55. The van der Waals surface area contributed by atoms with E-state index in [2.05, 4.69) is 35.3 Å². The lowest BCUT2D eigenvalue weighted by Gasteiger charge is -2.33. The monoisotopic (exact) mass is 306 g/mol. The van der Waals surface area contributed by atoms with Crippen LogP contribution in [0.2, 0.25) is 0 Å². The van der Waals surface area contributed by atoms with Gasteiger partial charge in [0.1, 0.15) is 5.75 Å². The van der Waals surface area contributed by atoms with E-state index in [0.29, 0.717) is 6.04 Å². The molecular formula is C14H24Cl2N2O. The minimum Gasteiger partial charge on any atom is -0.494 e. The molecule has 1 fully saturated rings. The number of halogens is 2. The van der Waals surface area contributed by atoms with Gasteiger partial charge in [0.05, 0.1) is 6.61 Å². The summed E-state index contributed by atoms with van der Waals surface area (Å²) in [6.07, 6.45) is 0. The molecule has 1 aliphatic heterocycles. The summed E-state index contributed by atoms with van der Waals surface area (Å²) in [5.41, 5.74) is 1.35. The zero-order valence-corrected chi connectivity index (χ0v) is 13.2. The van der Waals surface area contributed by atoms with E-state index < -0.39 is 0 Å². The Balaban J connectivity index is 0.00000162. The van der Waals surface area contributed by atoms with Crippen LogP contribution in [-0.4, -0.2) is 37.7 Å². The van der Waals surface area contributed by atoms with Gasteiger partial charge in [-0.15, -0.1) is 24.8 Å². The Hall–Kier alpha value is -0.480. The fraction of sp³-hybridized carbons (Fsp3) is 0.571. The van der Waals surface area contributed by atoms with Gasteiger partial charge in [-0.25, -0.2) is 0 Å². The van der Waals surface area contributed by atoms with E-state index >= 15 is 0 Å². The van der Waals surface area contributed by atoms with Crippen molar-refractivity contribution in [1.82, 2.24) is 10.2 Å². The van der Waals surface area contributed by atoms with Gasteiger partial charge in [0.25, 0.3) is 0 Å². The SMILES string of the molecule is CCOc1cccc([C@@H](C)N2CCNCC2)c1.Cl.Cl. The number of hydrogen-bond acceptors (Lipinski definition) is 3. The number of nitrogens with one attached hydrogen (secondary N) is 1. The molecule has 0 aromatic heterocycles. The highest BCUT2D eigenvalue weighted by Gasteiger charge is 2.17. The molecular weight excluding hydrogens is 283 g/mol. The lowest BCUT2D eigenvalue weighted by molar-refractivity contribution is 0.185. The molecule has 1 saturated heterocycles. The number of ether oxygens (including phenoxy) is 1. The summed E-state index contributed by atoms with van der Waals surface area (Å²) in [6, 6.07) is 8.93. The van der Waals surface area contributed by atoms with Gasteiger partial charge >= 0.3 is 0 Å². The molecule has 5 heteroatoms. The van der Waals surface area contributed by atoms with Crippen LogP contribution >= 0.6 is 24.8 Å². The van der Waals surface area contributed by atoms with E-state index in [1.165, 1.54) is 5.56 Å². The first-order valence-electron chi connectivity index (χ1n) is 6.49. The van der Waals surface area contributed by atoms with Crippen LogP contribution in [0.5, 0.6) is 5.75 Å². The van der Waals surface area contributed by atoms with Crippen molar-refractivity contribution in [2.45, 2.75) is 19.9 Å². The Morgan fingerprint density at radius 2 is 1.95 bits per heavy atom. The summed E-state index contributed by atoms with van der Waals surface area (Å²) in [6.45, 7) is 9.46. The zero-order chi connectivity index (χ0) is 12.1. The Labute approximate surface area is 128 Å². The summed E-state index contributed by atoms with van der Waals surface area (Å²) in [5.74, 6) is 0.979. The maximum absolute atomic E-state index is 5.55. The number of nitrogens with zero attached hydrogens (tertiary/aromatic N) is 1. The van der Waals surface area contributed by atoms with Crippen molar-refractivity contribution >= 4 is 24.8 Å². The van der Waals surface area contributed by atoms with Crippen molar-refractivity contribution in [2.24, 2.45) is 0 Å². The van der Waals surface area contributed by atoms with Crippen molar-refractivity contribution in [3.05, 3.63) is 29.8 Å². The molecule has 1 N–H and O–H groups in total. The van der Waals surface area contributed by atoms with Crippen LogP contribution in [-0.2, 0) is 0 Å². The molecule has 1 heterocycles. The molecule has 1 aromatic carbocycles. The van der Waals surface area contributed by atoms with Gasteiger partial charge in [0, 0.05) is 32.2 Å². The summed E-state index contributed by atoms with van der Waals surface area (Å²) >= 11 is 0. The topological polar surface area (TPSA) is 24.5 Å². The predicted octanol–water partition coefficient (Wildman–Crippen LogP) is 2.90. The summed E-state index contributed by atoms with van der Waals surface area (Å²) in [5, 5.41) is 3.39. The Bertz CT molecular complexity index is 357. The second-order valence-electron chi connectivity index (χ2n) is 4.47. The minimum atomic E-state index is 0. The van der Waals surface area contributed by atoms with Crippen LogP contribution in [0.15, 0.2) is 24.3 Å². The standard InChI is InChI=1S/C14H22N2O.2ClH/c1-3-17-14-6-4-5-13(11-14)12(2)16-9-7-15-8-10-16;;/h4-6,11-12,15H,3,7-10H2,1-2H3;2*1H/t12-;;/m1../s1. The molecule has 0 saturated carbocycles. The first-order valence-corrected chi connectivity index (χ1v) is 6.49. The van der Waals surface area contributed by atoms with E-state index in [-0.39, 0.29) is 24.8 Å². The smallest absolute Gasteiger partial charge is 0.119 e. The third-order valence-corrected chi connectivity index (χ3v) is 3.35. The normalized spacial score (nSPS) is 16.9. The molecule has 0 spiro atoms. The average Bonchev–Trinajstić information content (AvgIpc) is 2.40. The van der Waals surface area contributed by atoms with E-state index in [1.807, 2.05) is 13.0 Å². The molecule has 3 nitrogen and oxygen atoms in total. The summed E-state index contributed by atoms with van der Waals surface area (Å²) < 4.78 is 5.55. The lowest BCUT2D eigenvalue weighted by Crippen LogP contribution is -2.44. The molecule has 0 amide bonds. The van der Waals surface area contributed by atoms with E-state index in [1.54, 1.807) is 0 Å². The molecule has 1 aliphatic rings. The van der Waals surface area contributed by atoms with Crippen LogP contribution in [0.3, 0.4) is 0 Å². The lowest BCUT2D eigenvalue weighted by atomic mass is 10.1. The van der Waals surface area contributed by atoms with Gasteiger partial charge in [-0.3, -0.25) is 4.90 Å². The molecule has 0 unspecified atom stereocenters. The number of hydrogen-bond donors (Lipinski definition) is 1. The van der Waals surface area contributed by atoms with Crippen molar-refractivity contribution in [3.63, 3.8) is 0 Å². The minimum absolute atomic E-state index is 0. The quantitative estimate of drug-likeness (QED) is 0.926. The molecule has 110 valence electrons. The highest BCUT2D eigenvalue weighted by Crippen LogP contribution is 2.24. The highest BCUT2D eigenvalue weighted by molar-refractivity contribution is 5.85. The van der Waals surface area contributed by atoms with Gasteiger partial charge in [-0.1, -0.05) is 12.1 Å². The third kappa shape index (κ3) is 5.19. The van der Waals surface area contributed by atoms with E-state index in [4.69, 9.17) is 4.74 Å². The van der Waals surface area contributed by atoms with Crippen molar-refractivity contribution in [3.8, 4) is 5.75 Å². The zero-order valence-electron chi connectivity index (χ0n) is 11.6. The molecule has 19 heavy (non-hydrogen) atoms. The second kappa shape index (κ2) is 9.43. The molecule has 0 aliphatic carbocycles. The van der Waals surface area contributed by atoms with Crippen LogP contribution in [0.1, 0.15) is 25.5 Å². The fourth-order valence-corrected chi connectivity index (χ4v) is 2.31. The maximum Gasteiger partial charge on any atom is 0.119 e. The van der Waals surface area contributed by atoms with E-state index in [0.717, 1.165) is 38.5 Å². The van der Waals surface area contributed by atoms with Gasteiger partial charge in [-0.05, 0) is 31.5 Å². The van der Waals surface area contributed by atoms with Crippen LogP contribution in [0.4, 0.5) is 0 Å². The van der Waals surface area contributed by atoms with Crippen molar-refractivity contribution < 1.29 is 4.74 Å². The molecule has 2 rings (SSSR count). The third-order valence-electron chi connectivity index (χ3n) is 3.35. The van der Waals surface area contributed by atoms with Crippen LogP contribution in [0, 0.1) is 0 Å². The Morgan fingerprint density at radius 1 is 1.26 bits per heavy atom. The van der Waals surface area contributed by atoms with E-state index in [9.17, 15) is 0 Å². The van der Waals surface area contributed by atoms with Crippen LogP contribution in [0.25, 0.3) is 0 Å². The predicted molar refractivity (Wildman–Crippen MR) is 85.0 cm³/mol. The molecule has 0 radical (unpaired) electrons. The van der Waals surface area contributed by atoms with Crippen molar-refractivity contribution in [2.75, 3.05) is 32.8 Å². The fourth-order valence-electron chi connectivity index (χ4n) is 2.31. The van der Waals surface area contributed by atoms with Gasteiger partial charge in [-0.2, -0.15) is 0 Å². The highest BCUT2D eigenvalue weighted by atomic mass is 35.5. The first-order chi connectivity index (χ1) is 8.31. The Kier molecular flexibility index (Phi) is 9.19. The number of rotatable bonds is 4.